The van der Waals surface area contributed by atoms with Crippen molar-refractivity contribution in [2.75, 3.05) is 19.6 Å². The smallest absolute Gasteiger partial charge is 0.271 e. The molecule has 2 aliphatic rings. The predicted octanol–water partition coefficient (Wildman–Crippen LogP) is 3.40. The molecule has 0 bridgehead atoms. The highest BCUT2D eigenvalue weighted by molar-refractivity contribution is 7.89. The van der Waals surface area contributed by atoms with E-state index in [1.807, 2.05) is 4.90 Å². The van der Waals surface area contributed by atoms with Crippen molar-refractivity contribution in [2.45, 2.75) is 50.5 Å². The van der Waals surface area contributed by atoms with Crippen LogP contribution in [-0.2, 0) is 17.1 Å². The summed E-state index contributed by atoms with van der Waals surface area (Å²) >= 11 is 0. The van der Waals surface area contributed by atoms with Crippen LogP contribution in [-0.4, -0.2) is 47.7 Å². The number of amides is 1. The molecule has 0 radical (unpaired) electrons. The van der Waals surface area contributed by atoms with Gasteiger partial charge in [0.15, 0.2) is 0 Å². The molecule has 2 saturated heterocycles. The fourth-order valence-corrected chi connectivity index (χ4v) is 6.26. The third-order valence-corrected chi connectivity index (χ3v) is 7.91. The van der Waals surface area contributed by atoms with Gasteiger partial charge in [-0.2, -0.15) is 4.31 Å². The van der Waals surface area contributed by atoms with E-state index in [4.69, 9.17) is 0 Å². The summed E-state index contributed by atoms with van der Waals surface area (Å²) in [5, 5.41) is 0. The third kappa shape index (κ3) is 3.73. The highest BCUT2D eigenvalue weighted by Gasteiger charge is 2.34. The number of rotatable bonds is 4. The van der Waals surface area contributed by atoms with E-state index in [9.17, 15) is 13.2 Å². The van der Waals surface area contributed by atoms with E-state index in [0.29, 0.717) is 25.3 Å². The molecule has 1 unspecified atom stereocenters. The van der Waals surface area contributed by atoms with E-state index >= 15 is 0 Å². The summed E-state index contributed by atoms with van der Waals surface area (Å²) in [6.07, 6.45) is 5.24. The lowest BCUT2D eigenvalue weighted by atomic mass is 9.99. The van der Waals surface area contributed by atoms with Crippen LogP contribution in [0.2, 0.25) is 0 Å². The SMILES string of the molecule is Cc1cc(C)cc(C2CCCN2C(=O)c2cc(S(=O)(=O)N3CCCC3)cn2C)c1. The summed E-state index contributed by atoms with van der Waals surface area (Å²) in [6, 6.07) is 8.02. The number of aromatic nitrogens is 1. The standard InChI is InChI=1S/C22H29N3O3S/c1-16-11-17(2)13-18(12-16)20-7-6-10-25(20)22(26)21-14-19(15-23(21)3)29(27,28)24-8-4-5-9-24/h11-15,20H,4-10H2,1-3H3. The lowest BCUT2D eigenvalue weighted by Gasteiger charge is -2.26. The van der Waals surface area contributed by atoms with Gasteiger partial charge in [0.25, 0.3) is 5.91 Å². The Morgan fingerprint density at radius 3 is 2.28 bits per heavy atom. The number of likely N-dealkylation sites (tertiary alicyclic amines) is 1. The Hall–Kier alpha value is -2.12. The first-order valence-corrected chi connectivity index (χ1v) is 11.8. The molecule has 156 valence electrons. The zero-order valence-electron chi connectivity index (χ0n) is 17.4. The van der Waals surface area contributed by atoms with Crippen LogP contribution in [0.25, 0.3) is 0 Å². The van der Waals surface area contributed by atoms with Gasteiger partial charge < -0.3 is 9.47 Å². The molecule has 1 amide bonds. The molecule has 7 heteroatoms. The summed E-state index contributed by atoms with van der Waals surface area (Å²) in [6.45, 7) is 5.95. The number of nitrogens with zero attached hydrogens (tertiary/aromatic N) is 3. The molecule has 1 atom stereocenters. The molecule has 1 aromatic carbocycles. The quantitative estimate of drug-likeness (QED) is 0.769. The minimum Gasteiger partial charge on any atom is -0.345 e. The second-order valence-electron chi connectivity index (χ2n) is 8.36. The fourth-order valence-electron chi connectivity index (χ4n) is 4.67. The van der Waals surface area contributed by atoms with Gasteiger partial charge in [-0.1, -0.05) is 29.3 Å². The van der Waals surface area contributed by atoms with Crippen LogP contribution < -0.4 is 0 Å². The van der Waals surface area contributed by atoms with E-state index in [-0.39, 0.29) is 16.8 Å². The Morgan fingerprint density at radius 1 is 0.966 bits per heavy atom. The summed E-state index contributed by atoms with van der Waals surface area (Å²) in [7, 11) is -1.78. The monoisotopic (exact) mass is 415 g/mol. The van der Waals surface area contributed by atoms with Crippen molar-refractivity contribution < 1.29 is 13.2 Å². The normalized spacial score (nSPS) is 20.5. The van der Waals surface area contributed by atoms with Crippen molar-refractivity contribution in [3.05, 3.63) is 52.8 Å². The molecule has 0 saturated carbocycles. The second kappa shape index (κ2) is 7.61. The molecule has 1 aromatic heterocycles. The van der Waals surface area contributed by atoms with Crippen LogP contribution in [0.3, 0.4) is 0 Å². The highest BCUT2D eigenvalue weighted by atomic mass is 32.2. The number of benzene rings is 1. The number of hydrogen-bond donors (Lipinski definition) is 0. The second-order valence-corrected chi connectivity index (χ2v) is 10.3. The van der Waals surface area contributed by atoms with Crippen molar-refractivity contribution in [3.8, 4) is 0 Å². The van der Waals surface area contributed by atoms with Crippen molar-refractivity contribution in [1.82, 2.24) is 13.8 Å². The van der Waals surface area contributed by atoms with Gasteiger partial charge in [-0.25, -0.2) is 8.42 Å². The average Bonchev–Trinajstić information content (AvgIpc) is 3.40. The molecule has 0 aliphatic carbocycles. The first-order valence-electron chi connectivity index (χ1n) is 10.3. The number of carbonyl (C=O) groups excluding carboxylic acids is 1. The topological polar surface area (TPSA) is 62.6 Å². The largest absolute Gasteiger partial charge is 0.345 e. The molecule has 0 spiro atoms. The number of carbonyl (C=O) groups is 1. The van der Waals surface area contributed by atoms with Gasteiger partial charge in [0.1, 0.15) is 10.6 Å². The van der Waals surface area contributed by atoms with Crippen LogP contribution in [0.1, 0.15) is 58.9 Å². The van der Waals surface area contributed by atoms with E-state index in [1.54, 1.807) is 23.9 Å². The highest BCUT2D eigenvalue weighted by Crippen LogP contribution is 2.34. The van der Waals surface area contributed by atoms with Crippen LogP contribution in [0.15, 0.2) is 35.4 Å². The van der Waals surface area contributed by atoms with Crippen molar-refractivity contribution >= 4 is 15.9 Å². The average molecular weight is 416 g/mol. The maximum absolute atomic E-state index is 13.4. The van der Waals surface area contributed by atoms with Crippen LogP contribution >= 0.6 is 0 Å². The predicted molar refractivity (Wildman–Crippen MR) is 112 cm³/mol. The zero-order valence-corrected chi connectivity index (χ0v) is 18.2. The first-order chi connectivity index (χ1) is 13.8. The van der Waals surface area contributed by atoms with E-state index in [2.05, 4.69) is 32.0 Å². The van der Waals surface area contributed by atoms with Crippen molar-refractivity contribution in [3.63, 3.8) is 0 Å². The molecule has 2 aromatic rings. The van der Waals surface area contributed by atoms with Crippen molar-refractivity contribution in [2.24, 2.45) is 7.05 Å². The van der Waals surface area contributed by atoms with Gasteiger partial charge in [0, 0.05) is 32.9 Å². The summed E-state index contributed by atoms with van der Waals surface area (Å²) in [5.74, 6) is -0.1000. The molecule has 2 aliphatic heterocycles. The molecule has 4 rings (SSSR count). The van der Waals surface area contributed by atoms with E-state index in [0.717, 1.165) is 31.2 Å². The summed E-state index contributed by atoms with van der Waals surface area (Å²) in [4.78, 5) is 15.5. The minimum atomic E-state index is -3.53. The summed E-state index contributed by atoms with van der Waals surface area (Å²) < 4.78 is 29.0. The number of hydrogen-bond acceptors (Lipinski definition) is 3. The Morgan fingerprint density at radius 2 is 1.62 bits per heavy atom. The van der Waals surface area contributed by atoms with Gasteiger partial charge in [-0.15, -0.1) is 0 Å². The Kier molecular flexibility index (Phi) is 5.29. The van der Waals surface area contributed by atoms with Crippen LogP contribution in [0, 0.1) is 13.8 Å². The maximum atomic E-state index is 13.4. The number of sulfonamides is 1. The van der Waals surface area contributed by atoms with Gasteiger partial charge >= 0.3 is 0 Å². The lowest BCUT2D eigenvalue weighted by molar-refractivity contribution is 0.0726. The van der Waals surface area contributed by atoms with E-state index < -0.39 is 10.0 Å². The fraction of sp³-hybridized carbons (Fsp3) is 0.500. The Balaban J connectivity index is 1.63. The van der Waals surface area contributed by atoms with Gasteiger partial charge in [0.05, 0.1) is 6.04 Å². The third-order valence-electron chi connectivity index (χ3n) is 6.04. The molecule has 29 heavy (non-hydrogen) atoms. The van der Waals surface area contributed by atoms with Crippen LogP contribution in [0.4, 0.5) is 0 Å². The molecule has 0 N–H and O–H groups in total. The zero-order chi connectivity index (χ0) is 20.8. The van der Waals surface area contributed by atoms with Crippen molar-refractivity contribution in [1.29, 1.82) is 0 Å². The summed E-state index contributed by atoms with van der Waals surface area (Å²) in [5.41, 5.74) is 3.97. The maximum Gasteiger partial charge on any atom is 0.271 e. The van der Waals surface area contributed by atoms with Crippen LogP contribution in [0.5, 0.6) is 0 Å². The molecular formula is C22H29N3O3S. The Bertz CT molecular complexity index is 1020. The number of aryl methyl sites for hydroxylation is 3. The van der Waals surface area contributed by atoms with Gasteiger partial charge in [-0.05, 0) is 51.2 Å². The molecule has 2 fully saturated rings. The molecular weight excluding hydrogens is 386 g/mol. The van der Waals surface area contributed by atoms with E-state index in [1.165, 1.54) is 15.4 Å². The van der Waals surface area contributed by atoms with Gasteiger partial charge in [0.2, 0.25) is 10.0 Å². The molecule has 6 nitrogen and oxygen atoms in total. The lowest BCUT2D eigenvalue weighted by Crippen LogP contribution is -2.32. The first kappa shape index (κ1) is 20.2. The molecule has 3 heterocycles. The Labute approximate surface area is 173 Å². The van der Waals surface area contributed by atoms with Gasteiger partial charge in [-0.3, -0.25) is 4.79 Å². The minimum absolute atomic E-state index is 0.0367.